The summed E-state index contributed by atoms with van der Waals surface area (Å²) in [7, 11) is 0. The van der Waals surface area contributed by atoms with Crippen molar-refractivity contribution in [1.29, 1.82) is 0 Å². The predicted octanol–water partition coefficient (Wildman–Crippen LogP) is 3.68. The zero-order chi connectivity index (χ0) is 19.3. The van der Waals surface area contributed by atoms with Crippen LogP contribution in [0.25, 0.3) is 0 Å². The molecule has 0 aromatic carbocycles. The summed E-state index contributed by atoms with van der Waals surface area (Å²) >= 11 is 1.75. The Morgan fingerprint density at radius 2 is 1.70 bits per heavy atom. The van der Waals surface area contributed by atoms with E-state index in [4.69, 9.17) is 0 Å². The van der Waals surface area contributed by atoms with Gasteiger partial charge < -0.3 is 10.2 Å². The molecule has 0 aliphatic carbocycles. The molecule has 2 fully saturated rings. The molecular weight excluding hydrogens is 358 g/mol. The van der Waals surface area contributed by atoms with Crippen molar-refractivity contribution in [2.24, 2.45) is 0 Å². The number of unbranched alkanes of at least 4 members (excludes halogenated alkanes) is 9. The molecule has 2 heterocycles. The molecule has 2 atom stereocenters. The standard InChI is InChI=1S/C21H39N3O2S/c1-2-3-4-5-6-7-8-9-10-11-14-22-20(25)19-13-12-15-24(19)21(26)18-16-27-17-23-18/h18-19,23H,2-17H2,1H3,(H,22,25)/t18-,19+/m1/s1. The lowest BCUT2D eigenvalue weighted by Crippen LogP contribution is -2.51. The summed E-state index contributed by atoms with van der Waals surface area (Å²) in [5.41, 5.74) is 0. The molecule has 6 heteroatoms. The molecule has 0 aromatic rings. The van der Waals surface area contributed by atoms with Crippen molar-refractivity contribution in [3.8, 4) is 0 Å². The van der Waals surface area contributed by atoms with E-state index in [9.17, 15) is 9.59 Å². The maximum atomic E-state index is 12.6. The highest BCUT2D eigenvalue weighted by atomic mass is 32.2. The first kappa shape index (κ1) is 22.5. The topological polar surface area (TPSA) is 61.4 Å². The Kier molecular flexibility index (Phi) is 11.2. The number of thioether (sulfide) groups is 1. The summed E-state index contributed by atoms with van der Waals surface area (Å²) in [6.07, 6.45) is 14.7. The molecule has 0 aromatic heterocycles. The molecule has 2 rings (SSSR count). The van der Waals surface area contributed by atoms with E-state index in [0.29, 0.717) is 0 Å². The second-order valence-electron chi connectivity index (χ2n) is 7.93. The van der Waals surface area contributed by atoms with Gasteiger partial charge in [0.25, 0.3) is 0 Å². The third kappa shape index (κ3) is 8.02. The number of likely N-dealkylation sites (tertiary alicyclic amines) is 1. The van der Waals surface area contributed by atoms with E-state index >= 15 is 0 Å². The number of rotatable bonds is 13. The lowest BCUT2D eigenvalue weighted by molar-refractivity contribution is -0.139. The van der Waals surface area contributed by atoms with Crippen molar-refractivity contribution in [2.75, 3.05) is 24.7 Å². The summed E-state index contributed by atoms with van der Waals surface area (Å²) in [4.78, 5) is 26.9. The number of hydrogen-bond acceptors (Lipinski definition) is 4. The van der Waals surface area contributed by atoms with Crippen LogP contribution in [-0.2, 0) is 9.59 Å². The van der Waals surface area contributed by atoms with Crippen LogP contribution in [0.3, 0.4) is 0 Å². The Labute approximate surface area is 169 Å². The first-order valence-corrected chi connectivity index (χ1v) is 12.3. The molecule has 0 unspecified atom stereocenters. The van der Waals surface area contributed by atoms with Crippen LogP contribution in [0.1, 0.15) is 84.0 Å². The monoisotopic (exact) mass is 397 g/mol. The summed E-state index contributed by atoms with van der Waals surface area (Å²) in [6, 6.07) is -0.363. The Hall–Kier alpha value is -0.750. The van der Waals surface area contributed by atoms with Gasteiger partial charge in [-0.1, -0.05) is 64.7 Å². The maximum absolute atomic E-state index is 12.6. The SMILES string of the molecule is CCCCCCCCCCCCNC(=O)[C@@H]1CCCN1C(=O)[C@H]1CSCN1. The van der Waals surface area contributed by atoms with Crippen LogP contribution in [0.5, 0.6) is 0 Å². The zero-order valence-electron chi connectivity index (χ0n) is 17.1. The van der Waals surface area contributed by atoms with E-state index in [0.717, 1.165) is 44.0 Å². The van der Waals surface area contributed by atoms with E-state index in [-0.39, 0.29) is 23.9 Å². The van der Waals surface area contributed by atoms with Gasteiger partial charge in [-0.05, 0) is 19.3 Å². The van der Waals surface area contributed by atoms with Crippen molar-refractivity contribution in [3.63, 3.8) is 0 Å². The average molecular weight is 398 g/mol. The van der Waals surface area contributed by atoms with Gasteiger partial charge in [-0.3, -0.25) is 14.9 Å². The first-order valence-electron chi connectivity index (χ1n) is 11.1. The molecule has 27 heavy (non-hydrogen) atoms. The fourth-order valence-corrected chi connectivity index (χ4v) is 4.93. The van der Waals surface area contributed by atoms with Crippen LogP contribution in [0.2, 0.25) is 0 Å². The van der Waals surface area contributed by atoms with Crippen molar-refractivity contribution < 1.29 is 9.59 Å². The minimum absolute atomic E-state index is 0.0439. The molecule has 2 N–H and O–H groups in total. The molecule has 2 aliphatic rings. The van der Waals surface area contributed by atoms with Gasteiger partial charge in [-0.25, -0.2) is 0 Å². The Bertz CT molecular complexity index is 441. The third-order valence-corrected chi connectivity index (χ3v) is 6.62. The van der Waals surface area contributed by atoms with Crippen LogP contribution in [0, 0.1) is 0 Å². The van der Waals surface area contributed by atoms with E-state index in [2.05, 4.69) is 17.6 Å². The van der Waals surface area contributed by atoms with Crippen LogP contribution in [-0.4, -0.2) is 53.5 Å². The largest absolute Gasteiger partial charge is 0.354 e. The number of amides is 2. The molecular formula is C21H39N3O2S. The second kappa shape index (κ2) is 13.4. The van der Waals surface area contributed by atoms with E-state index < -0.39 is 0 Å². The number of carbonyl (C=O) groups excluding carboxylic acids is 2. The number of carbonyl (C=O) groups is 2. The molecule has 156 valence electrons. The number of nitrogens with one attached hydrogen (secondary N) is 2. The van der Waals surface area contributed by atoms with Crippen LogP contribution in [0.15, 0.2) is 0 Å². The highest BCUT2D eigenvalue weighted by molar-refractivity contribution is 7.99. The molecule has 2 saturated heterocycles. The van der Waals surface area contributed by atoms with E-state index in [1.165, 1.54) is 57.8 Å². The quantitative estimate of drug-likeness (QED) is 0.466. The normalized spacial score (nSPS) is 22.3. The van der Waals surface area contributed by atoms with Crippen molar-refractivity contribution >= 4 is 23.6 Å². The Balaban J connectivity index is 1.51. The third-order valence-electron chi connectivity index (χ3n) is 5.68. The average Bonchev–Trinajstić information content (AvgIpc) is 3.37. The Morgan fingerprint density at radius 1 is 1.04 bits per heavy atom. The minimum atomic E-state index is -0.256. The van der Waals surface area contributed by atoms with Gasteiger partial charge >= 0.3 is 0 Å². The number of hydrogen-bond donors (Lipinski definition) is 2. The van der Waals surface area contributed by atoms with Gasteiger partial charge in [0.05, 0.1) is 6.04 Å². The smallest absolute Gasteiger partial charge is 0.242 e. The van der Waals surface area contributed by atoms with Crippen molar-refractivity contribution in [3.05, 3.63) is 0 Å². The van der Waals surface area contributed by atoms with Gasteiger partial charge in [-0.15, -0.1) is 11.8 Å². The lowest BCUT2D eigenvalue weighted by atomic mass is 10.1. The summed E-state index contributed by atoms with van der Waals surface area (Å²) in [5.74, 6) is 1.81. The van der Waals surface area contributed by atoms with E-state index in [1.807, 2.05) is 0 Å². The zero-order valence-corrected chi connectivity index (χ0v) is 18.0. The van der Waals surface area contributed by atoms with Gasteiger partial charge in [0, 0.05) is 24.7 Å². The summed E-state index contributed by atoms with van der Waals surface area (Å²) in [6.45, 7) is 3.72. The molecule has 2 aliphatic heterocycles. The number of nitrogens with zero attached hydrogens (tertiary/aromatic N) is 1. The molecule has 0 saturated carbocycles. The molecule has 0 radical (unpaired) electrons. The van der Waals surface area contributed by atoms with Crippen molar-refractivity contribution in [1.82, 2.24) is 15.5 Å². The highest BCUT2D eigenvalue weighted by Gasteiger charge is 2.37. The fourth-order valence-electron chi connectivity index (χ4n) is 4.00. The fraction of sp³-hybridized carbons (Fsp3) is 0.905. The minimum Gasteiger partial charge on any atom is -0.354 e. The summed E-state index contributed by atoms with van der Waals surface area (Å²) in [5, 5.41) is 6.29. The summed E-state index contributed by atoms with van der Waals surface area (Å²) < 4.78 is 0. The van der Waals surface area contributed by atoms with Crippen LogP contribution in [0.4, 0.5) is 0 Å². The molecule has 5 nitrogen and oxygen atoms in total. The van der Waals surface area contributed by atoms with Gasteiger partial charge in [0.15, 0.2) is 0 Å². The lowest BCUT2D eigenvalue weighted by Gasteiger charge is -2.26. The molecule has 0 spiro atoms. The molecule has 0 bridgehead atoms. The van der Waals surface area contributed by atoms with Crippen LogP contribution >= 0.6 is 11.8 Å². The van der Waals surface area contributed by atoms with Gasteiger partial charge in [-0.2, -0.15) is 0 Å². The van der Waals surface area contributed by atoms with Crippen molar-refractivity contribution in [2.45, 2.75) is 96.1 Å². The van der Waals surface area contributed by atoms with Crippen LogP contribution < -0.4 is 10.6 Å². The highest BCUT2D eigenvalue weighted by Crippen LogP contribution is 2.21. The maximum Gasteiger partial charge on any atom is 0.242 e. The van der Waals surface area contributed by atoms with Gasteiger partial charge in [0.1, 0.15) is 6.04 Å². The van der Waals surface area contributed by atoms with E-state index in [1.54, 1.807) is 16.7 Å². The first-order chi connectivity index (χ1) is 13.2. The van der Waals surface area contributed by atoms with Gasteiger partial charge in [0.2, 0.25) is 11.8 Å². The predicted molar refractivity (Wildman–Crippen MR) is 114 cm³/mol. The second-order valence-corrected chi connectivity index (χ2v) is 8.96. The molecule has 2 amide bonds. The Morgan fingerprint density at radius 3 is 2.33 bits per heavy atom.